The molecule has 1 aliphatic rings. The number of benzene rings is 2. The number of carbonyl (C=O) groups excluding carboxylic acids is 1. The van der Waals surface area contributed by atoms with E-state index in [0.717, 1.165) is 11.1 Å². The fourth-order valence-electron chi connectivity index (χ4n) is 3.12. The lowest BCUT2D eigenvalue weighted by molar-refractivity contribution is -0.384. The van der Waals surface area contributed by atoms with Crippen molar-refractivity contribution in [2.24, 2.45) is 5.92 Å². The minimum Gasteiger partial charge on any atom is -0.496 e. The maximum absolute atomic E-state index is 12.7. The Hall–Kier alpha value is -3.46. The molecule has 0 saturated carbocycles. The number of hydrogen-bond donors (Lipinski definition) is 1. The summed E-state index contributed by atoms with van der Waals surface area (Å²) in [6, 6.07) is 11.4. The summed E-state index contributed by atoms with van der Waals surface area (Å²) >= 11 is 5.28. The van der Waals surface area contributed by atoms with Crippen molar-refractivity contribution < 1.29 is 19.2 Å². The van der Waals surface area contributed by atoms with E-state index < -0.39 is 4.92 Å². The van der Waals surface area contributed by atoms with Crippen LogP contribution in [0.5, 0.6) is 11.5 Å². The number of methoxy groups -OCH3 is 1. The molecule has 0 aromatic heterocycles. The van der Waals surface area contributed by atoms with Crippen molar-refractivity contribution in [1.82, 2.24) is 10.2 Å². The predicted octanol–water partition coefficient (Wildman–Crippen LogP) is 3.90. The Balaban J connectivity index is 1.80. The Labute approximate surface area is 185 Å². The largest absolute Gasteiger partial charge is 0.496 e. The first kappa shape index (κ1) is 22.2. The monoisotopic (exact) mass is 441 g/mol. The molecule has 1 saturated heterocycles. The van der Waals surface area contributed by atoms with Crippen LogP contribution in [0.1, 0.15) is 25.0 Å². The molecule has 9 heteroatoms. The van der Waals surface area contributed by atoms with Crippen molar-refractivity contribution in [2.45, 2.75) is 20.5 Å². The average Bonchev–Trinajstić information content (AvgIpc) is 2.99. The molecule has 0 aliphatic carbocycles. The molecule has 2 aromatic carbocycles. The fourth-order valence-corrected chi connectivity index (χ4v) is 3.39. The number of nitro groups is 1. The zero-order chi connectivity index (χ0) is 22.5. The fraction of sp³-hybridized carbons (Fsp3) is 0.273. The van der Waals surface area contributed by atoms with Crippen LogP contribution >= 0.6 is 12.2 Å². The lowest BCUT2D eigenvalue weighted by Crippen LogP contribution is -2.33. The summed E-state index contributed by atoms with van der Waals surface area (Å²) in [7, 11) is 1.55. The first-order valence-electron chi connectivity index (χ1n) is 9.67. The molecule has 0 atom stereocenters. The SMILES string of the molecule is COc1ccc(/C=C2/NC(=S)N(CC(C)C)C2=O)cc1COc1cccc([N+](=O)[O-])c1. The first-order chi connectivity index (χ1) is 14.8. The Morgan fingerprint density at radius 3 is 2.71 bits per heavy atom. The van der Waals surface area contributed by atoms with Gasteiger partial charge in [0.1, 0.15) is 23.8 Å². The van der Waals surface area contributed by atoms with E-state index in [1.807, 2.05) is 26.0 Å². The highest BCUT2D eigenvalue weighted by molar-refractivity contribution is 7.80. The van der Waals surface area contributed by atoms with Gasteiger partial charge in [-0.1, -0.05) is 26.0 Å². The Kier molecular flexibility index (Phi) is 6.86. The van der Waals surface area contributed by atoms with Crippen molar-refractivity contribution in [1.29, 1.82) is 0 Å². The molecule has 3 rings (SSSR count). The van der Waals surface area contributed by atoms with Crippen LogP contribution in [0.2, 0.25) is 0 Å². The highest BCUT2D eigenvalue weighted by atomic mass is 32.1. The van der Waals surface area contributed by atoms with Crippen LogP contribution in [0.3, 0.4) is 0 Å². The van der Waals surface area contributed by atoms with Gasteiger partial charge >= 0.3 is 0 Å². The molecule has 1 N–H and O–H groups in total. The van der Waals surface area contributed by atoms with Crippen LogP contribution in [-0.4, -0.2) is 34.5 Å². The summed E-state index contributed by atoms with van der Waals surface area (Å²) in [5.41, 5.74) is 1.86. The number of thiocarbonyl (C=S) groups is 1. The molecule has 8 nitrogen and oxygen atoms in total. The van der Waals surface area contributed by atoms with E-state index in [1.54, 1.807) is 36.3 Å². The van der Waals surface area contributed by atoms with Gasteiger partial charge in [0.05, 0.1) is 18.1 Å². The third kappa shape index (κ3) is 5.37. The van der Waals surface area contributed by atoms with Crippen molar-refractivity contribution in [2.75, 3.05) is 13.7 Å². The van der Waals surface area contributed by atoms with Gasteiger partial charge in [0.25, 0.3) is 11.6 Å². The Bertz CT molecular complexity index is 1050. The van der Waals surface area contributed by atoms with Gasteiger partial charge in [-0.3, -0.25) is 19.8 Å². The maximum atomic E-state index is 12.7. The molecule has 0 bridgehead atoms. The molecule has 2 aromatic rings. The number of carbonyl (C=O) groups is 1. The minimum atomic E-state index is -0.473. The van der Waals surface area contributed by atoms with Crippen LogP contribution in [0, 0.1) is 16.0 Å². The number of amides is 1. The normalized spacial score (nSPS) is 14.8. The number of ether oxygens (including phenoxy) is 2. The lowest BCUT2D eigenvalue weighted by atomic mass is 10.1. The van der Waals surface area contributed by atoms with Crippen LogP contribution in [0.25, 0.3) is 6.08 Å². The number of nitrogens with zero attached hydrogens (tertiary/aromatic N) is 2. The van der Waals surface area contributed by atoms with E-state index in [0.29, 0.717) is 34.8 Å². The topological polar surface area (TPSA) is 93.9 Å². The molecule has 0 radical (unpaired) electrons. The lowest BCUT2D eigenvalue weighted by Gasteiger charge is -2.16. The minimum absolute atomic E-state index is 0.0457. The van der Waals surface area contributed by atoms with Gasteiger partial charge in [-0.05, 0) is 48.0 Å². The van der Waals surface area contributed by atoms with E-state index in [9.17, 15) is 14.9 Å². The van der Waals surface area contributed by atoms with Gasteiger partial charge in [0.15, 0.2) is 5.11 Å². The molecule has 1 heterocycles. The summed E-state index contributed by atoms with van der Waals surface area (Å²) in [5.74, 6) is 1.11. The summed E-state index contributed by atoms with van der Waals surface area (Å²) in [6.45, 7) is 4.73. The number of hydrogen-bond acceptors (Lipinski definition) is 6. The molecule has 1 fully saturated rings. The van der Waals surface area contributed by atoms with Crippen LogP contribution in [-0.2, 0) is 11.4 Å². The van der Waals surface area contributed by atoms with Gasteiger partial charge in [0, 0.05) is 18.2 Å². The zero-order valence-electron chi connectivity index (χ0n) is 17.5. The second-order valence-electron chi connectivity index (χ2n) is 7.41. The highest BCUT2D eigenvalue weighted by Crippen LogP contribution is 2.25. The first-order valence-corrected chi connectivity index (χ1v) is 10.1. The van der Waals surface area contributed by atoms with E-state index in [4.69, 9.17) is 21.7 Å². The van der Waals surface area contributed by atoms with E-state index in [2.05, 4.69) is 5.32 Å². The summed E-state index contributed by atoms with van der Waals surface area (Å²) in [5, 5.41) is 14.3. The smallest absolute Gasteiger partial charge is 0.276 e. The second-order valence-corrected chi connectivity index (χ2v) is 7.80. The third-order valence-corrected chi connectivity index (χ3v) is 4.87. The average molecular weight is 442 g/mol. The number of non-ortho nitro benzene ring substituents is 1. The third-order valence-electron chi connectivity index (χ3n) is 4.55. The number of rotatable bonds is 8. The molecule has 162 valence electrons. The molecule has 1 amide bonds. The quantitative estimate of drug-likeness (QED) is 0.287. The van der Waals surface area contributed by atoms with Gasteiger partial charge < -0.3 is 14.8 Å². The molecule has 1 aliphatic heterocycles. The zero-order valence-corrected chi connectivity index (χ0v) is 18.3. The molecular formula is C22H23N3O5S. The van der Waals surface area contributed by atoms with Gasteiger partial charge in [-0.2, -0.15) is 0 Å². The molecule has 0 unspecified atom stereocenters. The van der Waals surface area contributed by atoms with Crippen LogP contribution in [0.4, 0.5) is 5.69 Å². The summed E-state index contributed by atoms with van der Waals surface area (Å²) < 4.78 is 11.1. The van der Waals surface area contributed by atoms with E-state index in [1.165, 1.54) is 12.1 Å². The van der Waals surface area contributed by atoms with E-state index >= 15 is 0 Å². The maximum Gasteiger partial charge on any atom is 0.276 e. The highest BCUT2D eigenvalue weighted by Gasteiger charge is 2.30. The predicted molar refractivity (Wildman–Crippen MR) is 121 cm³/mol. The van der Waals surface area contributed by atoms with Gasteiger partial charge in [0.2, 0.25) is 0 Å². The molecule has 31 heavy (non-hydrogen) atoms. The number of nitrogens with one attached hydrogen (secondary N) is 1. The van der Waals surface area contributed by atoms with E-state index in [-0.39, 0.29) is 18.2 Å². The van der Waals surface area contributed by atoms with Crippen molar-refractivity contribution in [3.63, 3.8) is 0 Å². The Morgan fingerprint density at radius 1 is 1.26 bits per heavy atom. The summed E-state index contributed by atoms with van der Waals surface area (Å²) in [4.78, 5) is 24.7. The van der Waals surface area contributed by atoms with Crippen LogP contribution in [0.15, 0.2) is 48.2 Å². The molecule has 0 spiro atoms. The van der Waals surface area contributed by atoms with Crippen molar-refractivity contribution >= 4 is 35.0 Å². The van der Waals surface area contributed by atoms with Crippen molar-refractivity contribution in [3.8, 4) is 11.5 Å². The number of nitro benzene ring substituents is 1. The molecular weight excluding hydrogens is 418 g/mol. The standard InChI is InChI=1S/C22H23N3O5S/c1-14(2)12-24-21(26)19(23-22(24)31)10-15-7-8-20(29-3)16(9-15)13-30-18-6-4-5-17(11-18)25(27)28/h4-11,14H,12-13H2,1-3H3,(H,23,31)/b19-10+. The summed E-state index contributed by atoms with van der Waals surface area (Å²) in [6.07, 6.45) is 1.73. The van der Waals surface area contributed by atoms with Crippen molar-refractivity contribution in [3.05, 3.63) is 69.4 Å². The van der Waals surface area contributed by atoms with Crippen LogP contribution < -0.4 is 14.8 Å². The van der Waals surface area contributed by atoms with Gasteiger partial charge in [-0.25, -0.2) is 0 Å². The second kappa shape index (κ2) is 9.57. The Morgan fingerprint density at radius 2 is 2.03 bits per heavy atom. The van der Waals surface area contributed by atoms with Gasteiger partial charge in [-0.15, -0.1) is 0 Å².